The highest BCUT2D eigenvalue weighted by atomic mass is 35.5. The van der Waals surface area contributed by atoms with Gasteiger partial charge in [-0.05, 0) is 30.5 Å². The van der Waals surface area contributed by atoms with Crippen molar-refractivity contribution in [2.75, 3.05) is 13.7 Å². The SMILES string of the molecule is COc1ccc(CNC(=O)[C@@H]2CC[C@H](CN)O2)c(C(F)(F)F)c1.Cl. The molecule has 1 aromatic rings. The smallest absolute Gasteiger partial charge is 0.416 e. The van der Waals surface area contributed by atoms with Crippen LogP contribution in [0.1, 0.15) is 24.0 Å². The van der Waals surface area contributed by atoms with E-state index < -0.39 is 23.8 Å². The molecule has 2 atom stereocenters. The predicted molar refractivity (Wildman–Crippen MR) is 84.0 cm³/mol. The molecule has 1 amide bonds. The highest BCUT2D eigenvalue weighted by molar-refractivity contribution is 5.85. The third kappa shape index (κ3) is 4.99. The van der Waals surface area contributed by atoms with Crippen LogP contribution in [0.25, 0.3) is 0 Å². The normalized spacial score (nSPS) is 20.4. The van der Waals surface area contributed by atoms with Crippen molar-refractivity contribution < 1.29 is 27.4 Å². The minimum Gasteiger partial charge on any atom is -0.497 e. The van der Waals surface area contributed by atoms with Crippen LogP contribution in [0, 0.1) is 0 Å². The summed E-state index contributed by atoms with van der Waals surface area (Å²) in [6, 6.07) is 3.63. The van der Waals surface area contributed by atoms with Gasteiger partial charge in [-0.25, -0.2) is 0 Å². The summed E-state index contributed by atoms with van der Waals surface area (Å²) in [6.07, 6.45) is -4.16. The van der Waals surface area contributed by atoms with Crippen molar-refractivity contribution in [2.24, 2.45) is 5.73 Å². The van der Waals surface area contributed by atoms with E-state index in [0.29, 0.717) is 19.4 Å². The zero-order valence-corrected chi connectivity index (χ0v) is 13.9. The van der Waals surface area contributed by atoms with Gasteiger partial charge in [0.15, 0.2) is 0 Å². The lowest BCUT2D eigenvalue weighted by molar-refractivity contribution is -0.139. The minimum atomic E-state index is -4.52. The lowest BCUT2D eigenvalue weighted by Crippen LogP contribution is -2.35. The van der Waals surface area contributed by atoms with E-state index in [1.165, 1.54) is 19.2 Å². The fraction of sp³-hybridized carbons (Fsp3) is 0.533. The minimum absolute atomic E-state index is 0. The predicted octanol–water partition coefficient (Wildman–Crippen LogP) is 2.26. The standard InChI is InChI=1S/C15H19F3N2O3.ClH/c1-22-10-3-2-9(12(6-10)15(16,17)18)8-20-14(21)13-5-4-11(7-19)23-13;/h2-3,6,11,13H,4-5,7-8,19H2,1H3,(H,20,21);1H/t11-,13+;/m1./s1. The van der Waals surface area contributed by atoms with Crippen molar-refractivity contribution in [3.8, 4) is 5.75 Å². The number of hydrogen-bond acceptors (Lipinski definition) is 4. The summed E-state index contributed by atoms with van der Waals surface area (Å²) in [5.41, 5.74) is 4.61. The number of carbonyl (C=O) groups is 1. The van der Waals surface area contributed by atoms with Crippen LogP contribution < -0.4 is 15.8 Å². The summed E-state index contributed by atoms with van der Waals surface area (Å²) in [4.78, 5) is 12.0. The molecule has 136 valence electrons. The molecular formula is C15H20ClF3N2O3. The summed E-state index contributed by atoms with van der Waals surface area (Å²) in [7, 11) is 1.29. The molecule has 0 bridgehead atoms. The number of carbonyl (C=O) groups excluding carboxylic acids is 1. The van der Waals surface area contributed by atoms with Gasteiger partial charge in [-0.1, -0.05) is 6.07 Å². The second kappa shape index (κ2) is 8.55. The lowest BCUT2D eigenvalue weighted by atomic mass is 10.1. The molecule has 0 spiro atoms. The first-order valence-electron chi connectivity index (χ1n) is 7.22. The third-order valence-corrected chi connectivity index (χ3v) is 3.74. The first-order chi connectivity index (χ1) is 10.8. The Morgan fingerprint density at radius 3 is 2.67 bits per heavy atom. The van der Waals surface area contributed by atoms with Crippen LogP contribution in [0.3, 0.4) is 0 Å². The van der Waals surface area contributed by atoms with Crippen LogP contribution in [-0.2, 0) is 22.3 Å². The molecule has 0 saturated carbocycles. The van der Waals surface area contributed by atoms with Crippen LogP contribution in [0.2, 0.25) is 0 Å². The van der Waals surface area contributed by atoms with Gasteiger partial charge in [0.1, 0.15) is 11.9 Å². The van der Waals surface area contributed by atoms with Crippen LogP contribution in [0.15, 0.2) is 18.2 Å². The van der Waals surface area contributed by atoms with E-state index >= 15 is 0 Å². The number of halogens is 4. The van der Waals surface area contributed by atoms with Gasteiger partial charge in [0, 0.05) is 13.1 Å². The van der Waals surface area contributed by atoms with Crippen molar-refractivity contribution in [1.29, 1.82) is 0 Å². The topological polar surface area (TPSA) is 73.6 Å². The molecule has 5 nitrogen and oxygen atoms in total. The number of ether oxygens (including phenoxy) is 2. The summed E-state index contributed by atoms with van der Waals surface area (Å²) >= 11 is 0. The highest BCUT2D eigenvalue weighted by Gasteiger charge is 2.34. The second-order valence-electron chi connectivity index (χ2n) is 5.30. The molecule has 9 heteroatoms. The van der Waals surface area contributed by atoms with Crippen molar-refractivity contribution in [3.05, 3.63) is 29.3 Å². The van der Waals surface area contributed by atoms with Crippen molar-refractivity contribution >= 4 is 18.3 Å². The first-order valence-corrected chi connectivity index (χ1v) is 7.22. The Morgan fingerprint density at radius 1 is 1.42 bits per heavy atom. The first kappa shape index (κ1) is 20.5. The Hall–Kier alpha value is -1.51. The van der Waals surface area contributed by atoms with E-state index in [9.17, 15) is 18.0 Å². The monoisotopic (exact) mass is 368 g/mol. The van der Waals surface area contributed by atoms with E-state index in [4.69, 9.17) is 15.2 Å². The molecular weight excluding hydrogens is 349 g/mol. The Bertz CT molecular complexity index is 569. The van der Waals surface area contributed by atoms with Crippen LogP contribution >= 0.6 is 12.4 Å². The molecule has 1 saturated heterocycles. The molecule has 24 heavy (non-hydrogen) atoms. The van der Waals surface area contributed by atoms with Crippen LogP contribution in [0.4, 0.5) is 13.2 Å². The van der Waals surface area contributed by atoms with Gasteiger partial charge >= 0.3 is 6.18 Å². The molecule has 0 unspecified atom stereocenters. The highest BCUT2D eigenvalue weighted by Crippen LogP contribution is 2.34. The molecule has 0 aromatic heterocycles. The third-order valence-electron chi connectivity index (χ3n) is 3.74. The second-order valence-corrected chi connectivity index (χ2v) is 5.30. The van der Waals surface area contributed by atoms with E-state index in [1.54, 1.807) is 0 Å². The molecule has 1 fully saturated rings. The molecule has 1 aliphatic heterocycles. The number of methoxy groups -OCH3 is 1. The number of alkyl halides is 3. The number of nitrogens with one attached hydrogen (secondary N) is 1. The maximum absolute atomic E-state index is 13.1. The molecule has 0 aliphatic carbocycles. The van der Waals surface area contributed by atoms with Gasteiger partial charge in [0.05, 0.1) is 18.8 Å². The molecule has 2 rings (SSSR count). The largest absolute Gasteiger partial charge is 0.497 e. The van der Waals surface area contributed by atoms with E-state index in [-0.39, 0.29) is 36.4 Å². The van der Waals surface area contributed by atoms with Crippen LogP contribution in [-0.4, -0.2) is 31.8 Å². The van der Waals surface area contributed by atoms with Gasteiger partial charge in [-0.2, -0.15) is 13.2 Å². The summed E-state index contributed by atoms with van der Waals surface area (Å²) in [5.74, 6) is -0.317. The summed E-state index contributed by atoms with van der Waals surface area (Å²) < 4.78 is 49.5. The number of benzene rings is 1. The van der Waals surface area contributed by atoms with Crippen LogP contribution in [0.5, 0.6) is 5.75 Å². The summed E-state index contributed by atoms with van der Waals surface area (Å²) in [6.45, 7) is 0.0886. The van der Waals surface area contributed by atoms with Gasteiger partial charge in [-0.3, -0.25) is 4.79 Å². The van der Waals surface area contributed by atoms with E-state index in [0.717, 1.165) is 6.07 Å². The van der Waals surface area contributed by atoms with E-state index in [1.807, 2.05) is 0 Å². The summed E-state index contributed by atoms with van der Waals surface area (Å²) in [5, 5.41) is 2.49. The molecule has 0 radical (unpaired) electrons. The fourth-order valence-corrected chi connectivity index (χ4v) is 2.47. The van der Waals surface area contributed by atoms with Gasteiger partial charge in [0.2, 0.25) is 5.91 Å². The molecule has 1 aromatic carbocycles. The Balaban J connectivity index is 0.00000288. The van der Waals surface area contributed by atoms with Gasteiger partial charge < -0.3 is 20.5 Å². The molecule has 1 heterocycles. The Kier molecular flexibility index (Phi) is 7.31. The number of amides is 1. The molecule has 1 aliphatic rings. The number of hydrogen-bond donors (Lipinski definition) is 2. The molecule has 3 N–H and O–H groups in total. The lowest BCUT2D eigenvalue weighted by Gasteiger charge is -2.16. The zero-order chi connectivity index (χ0) is 17.0. The average Bonchev–Trinajstić information content (AvgIpc) is 3.00. The zero-order valence-electron chi connectivity index (χ0n) is 13.1. The van der Waals surface area contributed by atoms with Crippen molar-refractivity contribution in [3.63, 3.8) is 0 Å². The number of rotatable bonds is 5. The maximum atomic E-state index is 13.1. The average molecular weight is 369 g/mol. The Morgan fingerprint density at radius 2 is 2.12 bits per heavy atom. The maximum Gasteiger partial charge on any atom is 0.416 e. The quantitative estimate of drug-likeness (QED) is 0.836. The van der Waals surface area contributed by atoms with Crippen molar-refractivity contribution in [2.45, 2.75) is 37.8 Å². The van der Waals surface area contributed by atoms with Gasteiger partial charge in [0.25, 0.3) is 0 Å². The fourth-order valence-electron chi connectivity index (χ4n) is 2.47. The number of nitrogens with two attached hydrogens (primary N) is 1. The Labute approximate surface area is 144 Å². The van der Waals surface area contributed by atoms with Crippen molar-refractivity contribution in [1.82, 2.24) is 5.32 Å². The van der Waals surface area contributed by atoms with E-state index in [2.05, 4.69) is 5.32 Å². The van der Waals surface area contributed by atoms with Gasteiger partial charge in [-0.15, -0.1) is 12.4 Å².